The van der Waals surface area contributed by atoms with E-state index >= 15 is 0 Å². The fourth-order valence-corrected chi connectivity index (χ4v) is 3.77. The van der Waals surface area contributed by atoms with E-state index in [1.807, 2.05) is 24.3 Å². The lowest BCUT2D eigenvalue weighted by atomic mass is 10.1. The first-order chi connectivity index (χ1) is 15.0. The third kappa shape index (κ3) is 3.22. The van der Waals surface area contributed by atoms with E-state index in [2.05, 4.69) is 15.1 Å². The Hall–Kier alpha value is -4.07. The standard InChI is InChI=1S/C23H18FN5O2/c1-14-25-23-26-18-10-11-28(13-15-6-5-7-16(24)12-15)22(30)20(18)21(29(23)27-14)17-8-3-4-9-19(17)31-2/h3-12H,13H2,1-2H3. The van der Waals surface area contributed by atoms with Gasteiger partial charge in [0.15, 0.2) is 0 Å². The van der Waals surface area contributed by atoms with Crippen LogP contribution in [0.4, 0.5) is 4.39 Å². The zero-order valence-electron chi connectivity index (χ0n) is 16.9. The number of aromatic nitrogens is 5. The average molecular weight is 415 g/mol. The molecular weight excluding hydrogens is 397 g/mol. The summed E-state index contributed by atoms with van der Waals surface area (Å²) in [4.78, 5) is 22.5. The molecule has 0 bridgehead atoms. The molecule has 5 rings (SSSR count). The quantitative estimate of drug-likeness (QED) is 0.448. The lowest BCUT2D eigenvalue weighted by Gasteiger charge is -2.13. The maximum absolute atomic E-state index is 13.6. The first-order valence-electron chi connectivity index (χ1n) is 9.69. The van der Waals surface area contributed by atoms with Crippen molar-refractivity contribution in [1.82, 2.24) is 24.1 Å². The summed E-state index contributed by atoms with van der Waals surface area (Å²) in [5, 5.41) is 4.86. The van der Waals surface area contributed by atoms with Gasteiger partial charge in [-0.05, 0) is 42.8 Å². The number of rotatable bonds is 4. The van der Waals surface area contributed by atoms with Gasteiger partial charge >= 0.3 is 0 Å². The molecule has 0 aliphatic carbocycles. The molecule has 5 aromatic rings. The minimum absolute atomic E-state index is 0.228. The van der Waals surface area contributed by atoms with Crippen LogP contribution in [0.3, 0.4) is 0 Å². The predicted octanol–water partition coefficient (Wildman–Crippen LogP) is 3.61. The molecule has 0 fully saturated rings. The summed E-state index contributed by atoms with van der Waals surface area (Å²) in [6, 6.07) is 15.4. The molecule has 0 unspecified atom stereocenters. The number of para-hydroxylation sites is 1. The maximum atomic E-state index is 13.6. The molecule has 2 aromatic carbocycles. The number of fused-ring (bicyclic) bond motifs is 2. The summed E-state index contributed by atoms with van der Waals surface area (Å²) in [6.07, 6.45) is 1.66. The van der Waals surface area contributed by atoms with E-state index in [0.717, 1.165) is 0 Å². The summed E-state index contributed by atoms with van der Waals surface area (Å²) >= 11 is 0. The Labute approximate surface area is 176 Å². The number of hydrogen-bond donors (Lipinski definition) is 0. The molecule has 0 saturated heterocycles. The Morgan fingerprint density at radius 3 is 2.71 bits per heavy atom. The molecule has 3 aromatic heterocycles. The van der Waals surface area contributed by atoms with Gasteiger partial charge in [0, 0.05) is 11.8 Å². The summed E-state index contributed by atoms with van der Waals surface area (Å²) in [5.41, 5.74) is 2.18. The molecule has 31 heavy (non-hydrogen) atoms. The zero-order chi connectivity index (χ0) is 21.5. The van der Waals surface area contributed by atoms with E-state index in [1.165, 1.54) is 16.7 Å². The summed E-state index contributed by atoms with van der Waals surface area (Å²) in [5.74, 6) is 1.19. The Morgan fingerprint density at radius 2 is 1.90 bits per heavy atom. The largest absolute Gasteiger partial charge is 0.496 e. The number of aryl methyl sites for hydroxylation is 1. The molecule has 154 valence electrons. The van der Waals surface area contributed by atoms with Crippen molar-refractivity contribution in [2.24, 2.45) is 0 Å². The van der Waals surface area contributed by atoms with E-state index in [9.17, 15) is 9.18 Å². The second kappa shape index (κ2) is 7.32. The fourth-order valence-electron chi connectivity index (χ4n) is 3.77. The van der Waals surface area contributed by atoms with Crippen LogP contribution < -0.4 is 10.3 Å². The molecule has 0 aliphatic heterocycles. The monoisotopic (exact) mass is 415 g/mol. The number of ether oxygens (including phenoxy) is 1. The van der Waals surface area contributed by atoms with E-state index in [-0.39, 0.29) is 17.9 Å². The van der Waals surface area contributed by atoms with Gasteiger partial charge in [-0.1, -0.05) is 24.3 Å². The van der Waals surface area contributed by atoms with Gasteiger partial charge in [0.1, 0.15) is 17.4 Å². The predicted molar refractivity (Wildman–Crippen MR) is 115 cm³/mol. The molecule has 0 spiro atoms. The molecule has 0 amide bonds. The Morgan fingerprint density at radius 1 is 1.06 bits per heavy atom. The van der Waals surface area contributed by atoms with Gasteiger partial charge in [-0.3, -0.25) is 4.79 Å². The molecule has 8 heteroatoms. The van der Waals surface area contributed by atoms with Crippen LogP contribution in [0.15, 0.2) is 65.6 Å². The van der Waals surface area contributed by atoms with Crippen LogP contribution in [0.1, 0.15) is 11.4 Å². The summed E-state index contributed by atoms with van der Waals surface area (Å²) in [7, 11) is 1.58. The van der Waals surface area contributed by atoms with Crippen molar-refractivity contribution in [3.63, 3.8) is 0 Å². The van der Waals surface area contributed by atoms with Gasteiger partial charge in [-0.15, -0.1) is 5.10 Å². The minimum atomic E-state index is -0.345. The van der Waals surface area contributed by atoms with Crippen LogP contribution in [-0.4, -0.2) is 31.3 Å². The average Bonchev–Trinajstić information content (AvgIpc) is 3.14. The molecule has 7 nitrogen and oxygen atoms in total. The highest BCUT2D eigenvalue weighted by atomic mass is 19.1. The Bertz CT molecular complexity index is 1510. The van der Waals surface area contributed by atoms with E-state index in [0.29, 0.717) is 45.1 Å². The first-order valence-corrected chi connectivity index (χ1v) is 9.69. The van der Waals surface area contributed by atoms with Crippen LogP contribution in [-0.2, 0) is 6.54 Å². The van der Waals surface area contributed by atoms with Crippen molar-refractivity contribution in [3.8, 4) is 17.0 Å². The molecule has 0 radical (unpaired) electrons. The lowest BCUT2D eigenvalue weighted by Crippen LogP contribution is -2.22. The van der Waals surface area contributed by atoms with Gasteiger partial charge < -0.3 is 9.30 Å². The van der Waals surface area contributed by atoms with Crippen LogP contribution in [0.2, 0.25) is 0 Å². The van der Waals surface area contributed by atoms with Crippen molar-refractivity contribution in [2.45, 2.75) is 13.5 Å². The third-order valence-electron chi connectivity index (χ3n) is 5.11. The zero-order valence-corrected chi connectivity index (χ0v) is 16.9. The van der Waals surface area contributed by atoms with Gasteiger partial charge in [-0.2, -0.15) is 9.50 Å². The maximum Gasteiger partial charge on any atom is 0.262 e. The van der Waals surface area contributed by atoms with Crippen LogP contribution in [0, 0.1) is 12.7 Å². The van der Waals surface area contributed by atoms with Crippen molar-refractivity contribution in [1.29, 1.82) is 0 Å². The SMILES string of the molecule is COc1ccccc1-c1c2c(=O)n(Cc3cccc(F)c3)ccc2nc2nc(C)nn12. The van der Waals surface area contributed by atoms with E-state index in [1.54, 1.807) is 42.9 Å². The van der Waals surface area contributed by atoms with Gasteiger partial charge in [0.2, 0.25) is 0 Å². The van der Waals surface area contributed by atoms with Crippen molar-refractivity contribution in [3.05, 3.63) is 88.4 Å². The summed E-state index contributed by atoms with van der Waals surface area (Å²) in [6.45, 7) is 2.00. The topological polar surface area (TPSA) is 74.3 Å². The smallest absolute Gasteiger partial charge is 0.262 e. The Balaban J connectivity index is 1.84. The highest BCUT2D eigenvalue weighted by Crippen LogP contribution is 2.33. The van der Waals surface area contributed by atoms with Gasteiger partial charge in [-0.25, -0.2) is 9.37 Å². The third-order valence-corrected chi connectivity index (χ3v) is 5.11. The molecule has 3 heterocycles. The molecule has 0 saturated carbocycles. The van der Waals surface area contributed by atoms with E-state index in [4.69, 9.17) is 4.74 Å². The van der Waals surface area contributed by atoms with Crippen LogP contribution >= 0.6 is 0 Å². The highest BCUT2D eigenvalue weighted by Gasteiger charge is 2.20. The van der Waals surface area contributed by atoms with E-state index < -0.39 is 0 Å². The van der Waals surface area contributed by atoms with Gasteiger partial charge in [0.05, 0.1) is 30.3 Å². The van der Waals surface area contributed by atoms with Gasteiger partial charge in [0.25, 0.3) is 11.3 Å². The van der Waals surface area contributed by atoms with Crippen molar-refractivity contribution < 1.29 is 9.13 Å². The van der Waals surface area contributed by atoms with Crippen LogP contribution in [0.25, 0.3) is 27.9 Å². The fraction of sp³-hybridized carbons (Fsp3) is 0.130. The minimum Gasteiger partial charge on any atom is -0.496 e. The van der Waals surface area contributed by atoms with Crippen molar-refractivity contribution >= 4 is 16.7 Å². The highest BCUT2D eigenvalue weighted by molar-refractivity contribution is 5.94. The molecule has 0 aliphatic rings. The number of pyridine rings is 1. The second-order valence-corrected chi connectivity index (χ2v) is 7.17. The molecule has 0 N–H and O–H groups in total. The lowest BCUT2D eigenvalue weighted by molar-refractivity contribution is 0.416. The van der Waals surface area contributed by atoms with Crippen LogP contribution in [0.5, 0.6) is 5.75 Å². The van der Waals surface area contributed by atoms with Crippen molar-refractivity contribution in [2.75, 3.05) is 7.11 Å². The molecule has 0 atom stereocenters. The molecular formula is C23H18FN5O2. The second-order valence-electron chi connectivity index (χ2n) is 7.17. The summed E-state index contributed by atoms with van der Waals surface area (Å²) < 4.78 is 22.3. The number of hydrogen-bond acceptors (Lipinski definition) is 5. The number of benzene rings is 2. The number of halogens is 1. The Kier molecular flexibility index (Phi) is 4.47. The number of methoxy groups -OCH3 is 1. The normalized spacial score (nSPS) is 11.3. The number of nitrogens with zero attached hydrogens (tertiary/aromatic N) is 5. The first kappa shape index (κ1) is 18.9.